The van der Waals surface area contributed by atoms with Gasteiger partial charge in [-0.1, -0.05) is 37.5 Å². The number of carbonyl (C=O) groups is 1. The minimum Gasteiger partial charge on any atom is -0.490 e. The number of nitrogens with one attached hydrogen (secondary N) is 1. The van der Waals surface area contributed by atoms with Gasteiger partial charge in [-0.15, -0.1) is 0 Å². The van der Waals surface area contributed by atoms with Gasteiger partial charge in [0.1, 0.15) is 19.0 Å². The van der Waals surface area contributed by atoms with Crippen LogP contribution in [-0.4, -0.2) is 53.0 Å². The Kier molecular flexibility index (Phi) is 8.67. The smallest absolute Gasteiger partial charge is 0.441 e. The zero-order chi connectivity index (χ0) is 29.0. The van der Waals surface area contributed by atoms with Crippen molar-refractivity contribution in [2.24, 2.45) is 10.1 Å². The van der Waals surface area contributed by atoms with Crippen molar-refractivity contribution in [2.45, 2.75) is 51.1 Å². The van der Waals surface area contributed by atoms with E-state index < -0.39 is 23.0 Å². The maximum atomic E-state index is 13.1. The lowest BCUT2D eigenvalue weighted by Crippen LogP contribution is -2.35. The molecule has 1 N–H and O–H groups in total. The highest BCUT2D eigenvalue weighted by atomic mass is 32.2. The van der Waals surface area contributed by atoms with Crippen LogP contribution in [0, 0.1) is 5.41 Å². The third kappa shape index (κ3) is 6.75. The summed E-state index contributed by atoms with van der Waals surface area (Å²) in [5, 5.41) is 10.9. The molecule has 41 heavy (non-hydrogen) atoms. The number of amidine groups is 2. The molecule has 1 fully saturated rings. The molecule has 2 aromatic carbocycles. The fourth-order valence-electron chi connectivity index (χ4n) is 4.86. The van der Waals surface area contributed by atoms with Crippen molar-refractivity contribution in [3.05, 3.63) is 59.2 Å². The lowest BCUT2D eigenvalue weighted by atomic mass is 9.84. The van der Waals surface area contributed by atoms with Gasteiger partial charge < -0.3 is 14.2 Å². The fourth-order valence-corrected chi connectivity index (χ4v) is 5.62. The van der Waals surface area contributed by atoms with Gasteiger partial charge >= 0.3 is 6.18 Å². The molecule has 1 saturated carbocycles. The molecule has 0 saturated heterocycles. The van der Waals surface area contributed by atoms with Crippen molar-refractivity contribution in [2.75, 3.05) is 19.8 Å². The van der Waals surface area contributed by atoms with Crippen molar-refractivity contribution >= 4 is 39.8 Å². The van der Waals surface area contributed by atoms with E-state index in [1.165, 1.54) is 43.7 Å². The van der Waals surface area contributed by atoms with Gasteiger partial charge in [0, 0.05) is 0 Å². The van der Waals surface area contributed by atoms with E-state index in [4.69, 9.17) is 19.6 Å². The average molecular weight is 587 g/mol. The third-order valence-corrected chi connectivity index (χ3v) is 7.80. The highest BCUT2D eigenvalue weighted by Gasteiger charge is 2.46. The second-order valence-electron chi connectivity index (χ2n) is 9.66. The first-order valence-corrected chi connectivity index (χ1v) is 14.2. The molecule has 1 amide bonds. The van der Waals surface area contributed by atoms with E-state index in [-0.39, 0.29) is 29.1 Å². The Bertz CT molecular complexity index is 1400. The van der Waals surface area contributed by atoms with E-state index in [0.29, 0.717) is 41.2 Å². The van der Waals surface area contributed by atoms with Crippen molar-refractivity contribution < 1.29 is 32.2 Å². The first-order chi connectivity index (χ1) is 19.7. The number of alkyl halides is 3. The summed E-state index contributed by atoms with van der Waals surface area (Å²) in [7, 11) is 0. The standard InChI is InChI=1S/C29H29F3N4O4S/c1-2-38-24-17-18(16-22-25(33)36-28(34-26(22)37)41-27(35-36)29(30,31)32)8-13-23(24)40-15-14-39-21-11-9-20(10-12-21)19-6-4-3-5-7-19/h8-13,16-17,19,33H,2-7,14-15H2,1H3/b22-16-,33-25?. The van der Waals surface area contributed by atoms with Gasteiger partial charge in [0.15, 0.2) is 17.3 Å². The van der Waals surface area contributed by atoms with Gasteiger partial charge in [-0.2, -0.15) is 28.3 Å². The van der Waals surface area contributed by atoms with Crippen LogP contribution in [0.4, 0.5) is 13.2 Å². The first-order valence-electron chi connectivity index (χ1n) is 13.4. The molecule has 2 heterocycles. The first kappa shape index (κ1) is 28.7. The van der Waals surface area contributed by atoms with Crippen molar-refractivity contribution in [1.29, 1.82) is 5.41 Å². The number of nitrogens with zero attached hydrogens (tertiary/aromatic N) is 3. The molecule has 8 nitrogen and oxygen atoms in total. The number of hydrazone groups is 1. The summed E-state index contributed by atoms with van der Waals surface area (Å²) in [5.41, 5.74) is 1.65. The van der Waals surface area contributed by atoms with Crippen molar-refractivity contribution in [1.82, 2.24) is 5.01 Å². The number of hydrogen-bond donors (Lipinski definition) is 1. The molecule has 0 spiro atoms. The summed E-state index contributed by atoms with van der Waals surface area (Å²) in [4.78, 5) is 16.2. The molecule has 0 bridgehead atoms. The Morgan fingerprint density at radius 2 is 1.76 bits per heavy atom. The Hall–Kier alpha value is -3.80. The minimum absolute atomic E-state index is 0.194. The number of aliphatic imine (C=N–C) groups is 1. The van der Waals surface area contributed by atoms with Gasteiger partial charge in [-0.05, 0) is 78.9 Å². The van der Waals surface area contributed by atoms with Crippen LogP contribution in [0.3, 0.4) is 0 Å². The van der Waals surface area contributed by atoms with E-state index in [1.807, 2.05) is 19.1 Å². The van der Waals surface area contributed by atoms with Gasteiger partial charge in [0.2, 0.25) is 10.2 Å². The van der Waals surface area contributed by atoms with Crippen LogP contribution < -0.4 is 14.2 Å². The summed E-state index contributed by atoms with van der Waals surface area (Å²) < 4.78 is 56.6. The lowest BCUT2D eigenvalue weighted by Gasteiger charge is -2.22. The topological polar surface area (TPSA) is 96.6 Å². The monoisotopic (exact) mass is 586 g/mol. The molecule has 2 aromatic rings. The normalized spacial score (nSPS) is 18.7. The van der Waals surface area contributed by atoms with Crippen LogP contribution in [0.5, 0.6) is 17.2 Å². The zero-order valence-electron chi connectivity index (χ0n) is 22.4. The van der Waals surface area contributed by atoms with E-state index in [9.17, 15) is 18.0 Å². The van der Waals surface area contributed by atoms with E-state index in [1.54, 1.807) is 18.2 Å². The third-order valence-electron chi connectivity index (χ3n) is 6.84. The summed E-state index contributed by atoms with van der Waals surface area (Å²) in [6.45, 7) is 2.74. The fraction of sp³-hybridized carbons (Fsp3) is 0.379. The predicted octanol–water partition coefficient (Wildman–Crippen LogP) is 6.77. The summed E-state index contributed by atoms with van der Waals surface area (Å²) in [6, 6.07) is 13.2. The molecule has 0 aromatic heterocycles. The minimum atomic E-state index is -4.70. The summed E-state index contributed by atoms with van der Waals surface area (Å²) >= 11 is 0.208. The van der Waals surface area contributed by atoms with Crippen LogP contribution in [0.1, 0.15) is 56.1 Å². The predicted molar refractivity (Wildman–Crippen MR) is 152 cm³/mol. The second-order valence-corrected chi connectivity index (χ2v) is 10.6. The number of thioether (sulfide) groups is 1. The molecule has 0 radical (unpaired) electrons. The molecular formula is C29H29F3N4O4S. The molecule has 12 heteroatoms. The average Bonchev–Trinajstić information content (AvgIpc) is 3.40. The number of amides is 1. The number of rotatable bonds is 9. The van der Waals surface area contributed by atoms with Crippen LogP contribution in [-0.2, 0) is 4.79 Å². The number of benzene rings is 2. The van der Waals surface area contributed by atoms with Gasteiger partial charge in [0.25, 0.3) is 5.91 Å². The SMILES string of the molecule is CCOc1cc(/C=C2/C(=N)N3N=C(C(F)(F)F)SC3=NC2=O)ccc1OCCOc1ccc(C2CCCCC2)cc1. The van der Waals surface area contributed by atoms with Gasteiger partial charge in [-0.3, -0.25) is 10.2 Å². The molecule has 216 valence electrons. The Labute approximate surface area is 239 Å². The molecule has 0 atom stereocenters. The second kappa shape index (κ2) is 12.4. The van der Waals surface area contributed by atoms with Gasteiger partial charge in [0.05, 0.1) is 12.2 Å². The van der Waals surface area contributed by atoms with Crippen LogP contribution >= 0.6 is 11.8 Å². The van der Waals surface area contributed by atoms with E-state index in [0.717, 1.165) is 5.75 Å². The Morgan fingerprint density at radius 1 is 1.02 bits per heavy atom. The van der Waals surface area contributed by atoms with Crippen molar-refractivity contribution in [3.8, 4) is 17.2 Å². The summed E-state index contributed by atoms with van der Waals surface area (Å²) in [6.07, 6.45) is 3.06. The lowest BCUT2D eigenvalue weighted by molar-refractivity contribution is -0.114. The maximum absolute atomic E-state index is 13.1. The summed E-state index contributed by atoms with van der Waals surface area (Å²) in [5.74, 6) is 0.966. The number of fused-ring (bicyclic) bond motifs is 1. The largest absolute Gasteiger partial charge is 0.490 e. The number of carbonyl (C=O) groups excluding carboxylic acids is 1. The van der Waals surface area contributed by atoms with Crippen LogP contribution in [0.2, 0.25) is 0 Å². The van der Waals surface area contributed by atoms with E-state index in [2.05, 4.69) is 22.2 Å². The van der Waals surface area contributed by atoms with Crippen LogP contribution in [0.15, 0.2) is 58.1 Å². The van der Waals surface area contributed by atoms with Crippen LogP contribution in [0.25, 0.3) is 6.08 Å². The number of hydrogen-bond acceptors (Lipinski definition) is 7. The molecule has 2 aliphatic heterocycles. The highest BCUT2D eigenvalue weighted by Crippen LogP contribution is 2.36. The highest BCUT2D eigenvalue weighted by molar-refractivity contribution is 8.27. The Balaban J connectivity index is 1.21. The number of ether oxygens (including phenoxy) is 3. The van der Waals surface area contributed by atoms with Crippen molar-refractivity contribution in [3.63, 3.8) is 0 Å². The molecule has 5 rings (SSSR count). The molecular weight excluding hydrogens is 557 g/mol. The molecule has 0 unspecified atom stereocenters. The zero-order valence-corrected chi connectivity index (χ0v) is 23.2. The van der Waals surface area contributed by atoms with E-state index >= 15 is 0 Å². The quantitative estimate of drug-likeness (QED) is 0.257. The Morgan fingerprint density at radius 3 is 2.46 bits per heavy atom. The molecule has 1 aliphatic carbocycles. The van der Waals surface area contributed by atoms with Gasteiger partial charge in [-0.25, -0.2) is 0 Å². The molecule has 3 aliphatic rings. The maximum Gasteiger partial charge on any atom is 0.441 e. The number of halogens is 3.